The predicted molar refractivity (Wildman–Crippen MR) is 90.0 cm³/mol. The van der Waals surface area contributed by atoms with Crippen molar-refractivity contribution in [1.82, 2.24) is 4.90 Å². The van der Waals surface area contributed by atoms with Crippen LogP contribution in [0.5, 0.6) is 5.75 Å². The topological polar surface area (TPSA) is 41.6 Å². The van der Waals surface area contributed by atoms with Gasteiger partial charge >= 0.3 is 12.2 Å². The van der Waals surface area contributed by atoms with Crippen LogP contribution in [0.25, 0.3) is 0 Å². The van der Waals surface area contributed by atoms with Crippen molar-refractivity contribution in [1.29, 1.82) is 0 Å². The number of carbonyl (C=O) groups is 1. The molecule has 0 atom stereocenters. The van der Waals surface area contributed by atoms with Crippen molar-refractivity contribution in [2.45, 2.75) is 6.18 Å². The number of hydrogen-bond donors (Lipinski definition) is 1. The first-order valence-electron chi connectivity index (χ1n) is 7.34. The predicted octanol–water partition coefficient (Wildman–Crippen LogP) is 4.90. The molecule has 0 spiro atoms. The van der Waals surface area contributed by atoms with Crippen LogP contribution in [0, 0.1) is 0 Å². The number of hydrogen-bond acceptors (Lipinski definition) is 2. The number of carbonyl (C=O) groups excluding carboxylic acids is 1. The molecule has 2 amide bonds. The third-order valence-electron chi connectivity index (χ3n) is 3.31. The molecule has 1 N–H and O–H groups in total. The summed E-state index contributed by atoms with van der Waals surface area (Å²) >= 11 is 5.55. The molecule has 25 heavy (non-hydrogen) atoms. The average molecular weight is 373 g/mol. The summed E-state index contributed by atoms with van der Waals surface area (Å²) in [6, 6.07) is 11.7. The number of amides is 2. The van der Waals surface area contributed by atoms with Crippen molar-refractivity contribution in [3.63, 3.8) is 0 Å². The Labute approximate surface area is 148 Å². The van der Waals surface area contributed by atoms with Crippen LogP contribution >= 0.6 is 11.6 Å². The number of para-hydroxylation sites is 1. The molecule has 4 nitrogen and oxygen atoms in total. The molecule has 0 aromatic heterocycles. The number of urea groups is 1. The molecule has 2 aromatic carbocycles. The van der Waals surface area contributed by atoms with Gasteiger partial charge in [-0.3, -0.25) is 0 Å². The highest BCUT2D eigenvalue weighted by Gasteiger charge is 2.33. The van der Waals surface area contributed by atoms with E-state index < -0.39 is 22.8 Å². The normalized spacial score (nSPS) is 11.1. The van der Waals surface area contributed by atoms with Crippen LogP contribution in [-0.2, 0) is 6.18 Å². The second-order valence-electron chi connectivity index (χ2n) is 5.21. The second kappa shape index (κ2) is 8.11. The monoisotopic (exact) mass is 372 g/mol. The standard InChI is InChI=1S/C17H16ClF3N2O2/c1-23(9-10-25-13-5-3-2-4-6-13)16(24)22-12-7-8-15(18)14(11-12)17(19,20)21/h2-8,11H,9-10H2,1H3,(H,22,24). The van der Waals surface area contributed by atoms with Crippen molar-refractivity contribution in [3.05, 3.63) is 59.1 Å². The minimum absolute atomic E-state index is 0.0116. The van der Waals surface area contributed by atoms with Gasteiger partial charge in [-0.25, -0.2) is 4.79 Å². The average Bonchev–Trinajstić information content (AvgIpc) is 2.56. The summed E-state index contributed by atoms with van der Waals surface area (Å²) in [5.41, 5.74) is -0.986. The molecule has 134 valence electrons. The second-order valence-corrected chi connectivity index (χ2v) is 5.61. The fourth-order valence-corrected chi connectivity index (χ4v) is 2.18. The number of nitrogens with zero attached hydrogens (tertiary/aromatic N) is 1. The molecule has 0 fully saturated rings. The maximum Gasteiger partial charge on any atom is 0.417 e. The minimum atomic E-state index is -4.59. The lowest BCUT2D eigenvalue weighted by atomic mass is 10.2. The lowest BCUT2D eigenvalue weighted by Gasteiger charge is -2.19. The molecule has 0 radical (unpaired) electrons. The molecular formula is C17H16ClF3N2O2. The number of rotatable bonds is 5. The molecule has 0 aliphatic rings. The first-order chi connectivity index (χ1) is 11.8. The lowest BCUT2D eigenvalue weighted by Crippen LogP contribution is -2.34. The summed E-state index contributed by atoms with van der Waals surface area (Å²) in [4.78, 5) is 13.4. The van der Waals surface area contributed by atoms with Gasteiger partial charge in [0, 0.05) is 12.7 Å². The quantitative estimate of drug-likeness (QED) is 0.811. The number of anilines is 1. The molecule has 2 aromatic rings. The zero-order valence-corrected chi connectivity index (χ0v) is 14.1. The van der Waals surface area contributed by atoms with Gasteiger partial charge in [-0.15, -0.1) is 0 Å². The molecule has 0 aliphatic heterocycles. The highest BCUT2D eigenvalue weighted by molar-refractivity contribution is 6.31. The van der Waals surface area contributed by atoms with Gasteiger partial charge in [0.1, 0.15) is 12.4 Å². The summed E-state index contributed by atoms with van der Waals surface area (Å²) in [7, 11) is 1.52. The van der Waals surface area contributed by atoms with Crippen molar-refractivity contribution in [2.75, 3.05) is 25.5 Å². The minimum Gasteiger partial charge on any atom is -0.492 e. The number of alkyl halides is 3. The van der Waals surface area contributed by atoms with Crippen LogP contribution in [0.4, 0.5) is 23.7 Å². The summed E-state index contributed by atoms with van der Waals surface area (Å²) in [6.07, 6.45) is -4.59. The Morgan fingerprint density at radius 2 is 1.88 bits per heavy atom. The Bertz CT molecular complexity index is 724. The molecule has 0 unspecified atom stereocenters. The maximum atomic E-state index is 12.8. The molecular weight excluding hydrogens is 357 g/mol. The third-order valence-corrected chi connectivity index (χ3v) is 3.64. The van der Waals surface area contributed by atoms with Crippen LogP contribution in [0.2, 0.25) is 5.02 Å². The van der Waals surface area contributed by atoms with E-state index in [9.17, 15) is 18.0 Å². The van der Waals surface area contributed by atoms with Crippen molar-refractivity contribution in [2.24, 2.45) is 0 Å². The maximum absolute atomic E-state index is 12.8. The van der Waals surface area contributed by atoms with E-state index in [1.165, 1.54) is 18.0 Å². The van der Waals surface area contributed by atoms with Crippen LogP contribution < -0.4 is 10.1 Å². The Kier molecular flexibility index (Phi) is 6.14. The Hall–Kier alpha value is -2.41. The van der Waals surface area contributed by atoms with Crippen LogP contribution in [-0.4, -0.2) is 31.1 Å². The molecule has 0 aliphatic carbocycles. The van der Waals surface area contributed by atoms with E-state index in [0.29, 0.717) is 5.75 Å². The van der Waals surface area contributed by atoms with Gasteiger partial charge in [-0.1, -0.05) is 29.8 Å². The van der Waals surface area contributed by atoms with Crippen molar-refractivity contribution in [3.8, 4) is 5.75 Å². The van der Waals surface area contributed by atoms with E-state index in [4.69, 9.17) is 16.3 Å². The summed E-state index contributed by atoms with van der Waals surface area (Å²) in [5, 5.41) is 1.98. The van der Waals surface area contributed by atoms with Gasteiger partial charge in [0.05, 0.1) is 17.1 Å². The summed E-state index contributed by atoms with van der Waals surface area (Å²) in [5.74, 6) is 0.670. The Morgan fingerprint density at radius 3 is 2.52 bits per heavy atom. The van der Waals surface area contributed by atoms with Crippen molar-refractivity contribution < 1.29 is 22.7 Å². The number of halogens is 4. The van der Waals surface area contributed by atoms with Crippen LogP contribution in [0.15, 0.2) is 48.5 Å². The van der Waals surface area contributed by atoms with E-state index in [1.807, 2.05) is 18.2 Å². The fourth-order valence-electron chi connectivity index (χ4n) is 1.96. The third kappa shape index (κ3) is 5.56. The van der Waals surface area contributed by atoms with Gasteiger partial charge in [-0.05, 0) is 30.3 Å². The Morgan fingerprint density at radius 1 is 1.20 bits per heavy atom. The molecule has 0 saturated heterocycles. The SMILES string of the molecule is CN(CCOc1ccccc1)C(=O)Nc1ccc(Cl)c(C(F)(F)F)c1. The van der Waals surface area contributed by atoms with Gasteiger partial charge in [0.25, 0.3) is 0 Å². The molecule has 0 heterocycles. The number of likely N-dealkylation sites (N-methyl/N-ethyl adjacent to an activating group) is 1. The van der Waals surface area contributed by atoms with E-state index in [0.717, 1.165) is 12.1 Å². The largest absolute Gasteiger partial charge is 0.492 e. The molecule has 0 bridgehead atoms. The number of benzene rings is 2. The number of nitrogens with one attached hydrogen (secondary N) is 1. The van der Waals surface area contributed by atoms with E-state index in [-0.39, 0.29) is 18.8 Å². The van der Waals surface area contributed by atoms with E-state index >= 15 is 0 Å². The molecule has 8 heteroatoms. The number of ether oxygens (including phenoxy) is 1. The summed E-state index contributed by atoms with van der Waals surface area (Å²) < 4.78 is 44.0. The smallest absolute Gasteiger partial charge is 0.417 e. The van der Waals surface area contributed by atoms with Crippen molar-refractivity contribution >= 4 is 23.3 Å². The highest BCUT2D eigenvalue weighted by atomic mass is 35.5. The first kappa shape index (κ1) is 18.9. The van der Waals surface area contributed by atoms with Gasteiger partial charge in [-0.2, -0.15) is 13.2 Å². The van der Waals surface area contributed by atoms with Crippen LogP contribution in [0.3, 0.4) is 0 Å². The van der Waals surface area contributed by atoms with Gasteiger partial charge in [0.2, 0.25) is 0 Å². The lowest BCUT2D eigenvalue weighted by molar-refractivity contribution is -0.137. The fraction of sp³-hybridized carbons (Fsp3) is 0.235. The van der Waals surface area contributed by atoms with Gasteiger partial charge in [0.15, 0.2) is 0 Å². The Balaban J connectivity index is 1.90. The molecule has 0 saturated carbocycles. The first-order valence-corrected chi connectivity index (χ1v) is 7.72. The van der Waals surface area contributed by atoms with E-state index in [2.05, 4.69) is 5.32 Å². The van der Waals surface area contributed by atoms with Gasteiger partial charge < -0.3 is 15.0 Å². The van der Waals surface area contributed by atoms with Crippen LogP contribution in [0.1, 0.15) is 5.56 Å². The zero-order chi connectivity index (χ0) is 18.4. The molecule has 2 rings (SSSR count). The summed E-state index contributed by atoms with van der Waals surface area (Å²) in [6.45, 7) is 0.517. The zero-order valence-electron chi connectivity index (χ0n) is 13.3. The highest BCUT2D eigenvalue weighted by Crippen LogP contribution is 2.36. The van der Waals surface area contributed by atoms with E-state index in [1.54, 1.807) is 12.1 Å².